The van der Waals surface area contributed by atoms with Crippen LogP contribution in [0.3, 0.4) is 0 Å². The zero-order valence-electron chi connectivity index (χ0n) is 10.5. The second-order valence-corrected chi connectivity index (χ2v) is 5.00. The van der Waals surface area contributed by atoms with Crippen LogP contribution in [0.2, 0.25) is 0 Å². The maximum absolute atomic E-state index is 4.70. The van der Waals surface area contributed by atoms with Crippen LogP contribution in [0.25, 0.3) is 10.7 Å². The molecule has 0 aliphatic rings. The molecule has 0 radical (unpaired) electrons. The molecular weight excluding hydrogens is 232 g/mol. The van der Waals surface area contributed by atoms with E-state index in [0.717, 1.165) is 30.2 Å². The maximum atomic E-state index is 4.70. The maximum Gasteiger partial charge on any atom is 0.142 e. The van der Waals surface area contributed by atoms with Crippen molar-refractivity contribution in [2.24, 2.45) is 7.05 Å². The molecule has 0 saturated carbocycles. The lowest BCUT2D eigenvalue weighted by atomic mass is 10.3. The topological polar surface area (TPSA) is 42.7 Å². The van der Waals surface area contributed by atoms with Crippen molar-refractivity contribution in [3.05, 3.63) is 23.1 Å². The predicted molar refractivity (Wildman–Crippen MR) is 71.1 cm³/mol. The van der Waals surface area contributed by atoms with Crippen molar-refractivity contribution in [3.8, 4) is 10.7 Å². The van der Waals surface area contributed by atoms with Gasteiger partial charge in [0.2, 0.25) is 0 Å². The average molecular weight is 250 g/mol. The number of hydrogen-bond acceptors (Lipinski definition) is 4. The quantitative estimate of drug-likeness (QED) is 0.884. The highest BCUT2D eigenvalue weighted by Crippen LogP contribution is 2.27. The summed E-state index contributed by atoms with van der Waals surface area (Å²) in [7, 11) is 2.00. The summed E-state index contributed by atoms with van der Waals surface area (Å²) in [5, 5.41) is 4.43. The van der Waals surface area contributed by atoms with Crippen molar-refractivity contribution in [3.63, 3.8) is 0 Å². The van der Waals surface area contributed by atoms with Crippen LogP contribution in [-0.2, 0) is 20.0 Å². The van der Waals surface area contributed by atoms with Crippen molar-refractivity contribution >= 4 is 11.3 Å². The minimum Gasteiger partial charge on any atom is -0.332 e. The van der Waals surface area contributed by atoms with Gasteiger partial charge in [-0.2, -0.15) is 0 Å². The summed E-state index contributed by atoms with van der Waals surface area (Å²) >= 11 is 1.76. The fraction of sp³-hybridized carbons (Fsp3) is 0.500. The Morgan fingerprint density at radius 3 is 2.82 bits per heavy atom. The van der Waals surface area contributed by atoms with Gasteiger partial charge in [0.1, 0.15) is 5.01 Å². The molecule has 5 heteroatoms. The van der Waals surface area contributed by atoms with E-state index in [0.29, 0.717) is 0 Å². The average Bonchev–Trinajstić information content (AvgIpc) is 2.91. The number of rotatable bonds is 5. The zero-order chi connectivity index (χ0) is 12.3. The highest BCUT2D eigenvalue weighted by Gasteiger charge is 2.12. The Bertz CT molecular complexity index is 486. The zero-order valence-corrected chi connectivity index (χ0v) is 11.3. The molecule has 0 aromatic carbocycles. The van der Waals surface area contributed by atoms with Gasteiger partial charge in [0.05, 0.1) is 23.9 Å². The Balaban J connectivity index is 2.31. The molecule has 0 atom stereocenters. The molecule has 0 amide bonds. The molecule has 0 bridgehead atoms. The van der Waals surface area contributed by atoms with E-state index in [1.54, 1.807) is 11.3 Å². The third-order valence-electron chi connectivity index (χ3n) is 2.68. The van der Waals surface area contributed by atoms with Crippen LogP contribution in [0, 0.1) is 0 Å². The van der Waals surface area contributed by atoms with E-state index < -0.39 is 0 Å². The molecule has 2 aromatic rings. The molecule has 0 unspecified atom stereocenters. The van der Waals surface area contributed by atoms with Crippen LogP contribution in [0.1, 0.15) is 24.4 Å². The van der Waals surface area contributed by atoms with E-state index in [4.69, 9.17) is 4.98 Å². The number of nitrogens with zero attached hydrogens (tertiary/aromatic N) is 3. The summed E-state index contributed by atoms with van der Waals surface area (Å²) in [5.41, 5.74) is 2.29. The summed E-state index contributed by atoms with van der Waals surface area (Å²) in [6.45, 7) is 6.17. The van der Waals surface area contributed by atoms with Gasteiger partial charge in [0.25, 0.3) is 0 Å². The highest BCUT2D eigenvalue weighted by atomic mass is 32.1. The first kappa shape index (κ1) is 12.3. The Kier molecular flexibility index (Phi) is 3.91. The number of aromatic nitrogens is 3. The van der Waals surface area contributed by atoms with Crippen LogP contribution in [0.5, 0.6) is 0 Å². The van der Waals surface area contributed by atoms with Gasteiger partial charge < -0.3 is 9.88 Å². The van der Waals surface area contributed by atoms with E-state index in [1.165, 1.54) is 10.6 Å². The minimum absolute atomic E-state index is 0.912. The van der Waals surface area contributed by atoms with Crippen molar-refractivity contribution in [1.82, 2.24) is 19.9 Å². The van der Waals surface area contributed by atoms with Crippen LogP contribution in [-0.4, -0.2) is 21.1 Å². The van der Waals surface area contributed by atoms with E-state index in [-0.39, 0.29) is 0 Å². The standard InChI is InChI=1S/C12H18N4S/c1-4-9-11(7-13-5-2)17-12(15-9)10-6-14-8-16(10)3/h6,8,13H,4-5,7H2,1-3H3. The van der Waals surface area contributed by atoms with Crippen LogP contribution < -0.4 is 5.32 Å². The molecule has 0 saturated heterocycles. The second-order valence-electron chi connectivity index (χ2n) is 3.91. The van der Waals surface area contributed by atoms with Crippen LogP contribution in [0.15, 0.2) is 12.5 Å². The molecule has 0 aliphatic carbocycles. The second kappa shape index (κ2) is 5.42. The third kappa shape index (κ3) is 2.56. The molecule has 2 heterocycles. The molecule has 0 spiro atoms. The van der Waals surface area contributed by atoms with Crippen LogP contribution in [0.4, 0.5) is 0 Å². The molecule has 92 valence electrons. The van der Waals surface area contributed by atoms with Crippen molar-refractivity contribution < 1.29 is 0 Å². The Hall–Kier alpha value is -1.20. The minimum atomic E-state index is 0.912. The first-order chi connectivity index (χ1) is 8.26. The number of hydrogen-bond donors (Lipinski definition) is 1. The van der Waals surface area contributed by atoms with E-state index >= 15 is 0 Å². The van der Waals surface area contributed by atoms with Gasteiger partial charge in [0.15, 0.2) is 0 Å². The molecule has 2 aromatic heterocycles. The Morgan fingerprint density at radius 2 is 2.24 bits per heavy atom. The smallest absolute Gasteiger partial charge is 0.142 e. The molecule has 0 fully saturated rings. The van der Waals surface area contributed by atoms with Crippen molar-refractivity contribution in [1.29, 1.82) is 0 Å². The fourth-order valence-electron chi connectivity index (χ4n) is 1.71. The van der Waals surface area contributed by atoms with Gasteiger partial charge in [-0.05, 0) is 13.0 Å². The van der Waals surface area contributed by atoms with Gasteiger partial charge >= 0.3 is 0 Å². The van der Waals surface area contributed by atoms with Gasteiger partial charge in [-0.15, -0.1) is 11.3 Å². The lowest BCUT2D eigenvalue weighted by molar-refractivity contribution is 0.727. The highest BCUT2D eigenvalue weighted by molar-refractivity contribution is 7.15. The predicted octanol–water partition coefficient (Wildman–Crippen LogP) is 2.22. The number of nitrogens with one attached hydrogen (secondary N) is 1. The van der Waals surface area contributed by atoms with Crippen LogP contribution >= 0.6 is 11.3 Å². The number of thiazole rings is 1. The lowest BCUT2D eigenvalue weighted by Crippen LogP contribution is -2.11. The number of aryl methyl sites for hydroxylation is 2. The van der Waals surface area contributed by atoms with E-state index in [1.807, 2.05) is 24.1 Å². The number of imidazole rings is 1. The largest absolute Gasteiger partial charge is 0.332 e. The Morgan fingerprint density at radius 1 is 1.41 bits per heavy atom. The summed E-state index contributed by atoms with van der Waals surface area (Å²) in [5.74, 6) is 0. The lowest BCUT2D eigenvalue weighted by Gasteiger charge is -1.99. The molecule has 17 heavy (non-hydrogen) atoms. The van der Waals surface area contributed by atoms with E-state index in [9.17, 15) is 0 Å². The summed E-state index contributed by atoms with van der Waals surface area (Å²) in [6.07, 6.45) is 4.66. The van der Waals surface area contributed by atoms with Gasteiger partial charge in [-0.25, -0.2) is 9.97 Å². The molecule has 4 nitrogen and oxygen atoms in total. The molecular formula is C12H18N4S. The molecule has 1 N–H and O–H groups in total. The fourth-order valence-corrected chi connectivity index (χ4v) is 2.88. The summed E-state index contributed by atoms with van der Waals surface area (Å²) in [4.78, 5) is 10.2. The van der Waals surface area contributed by atoms with Gasteiger partial charge in [-0.3, -0.25) is 0 Å². The first-order valence-corrected chi connectivity index (χ1v) is 6.73. The van der Waals surface area contributed by atoms with Crippen molar-refractivity contribution in [2.45, 2.75) is 26.8 Å². The van der Waals surface area contributed by atoms with E-state index in [2.05, 4.69) is 24.1 Å². The van der Waals surface area contributed by atoms with Crippen molar-refractivity contribution in [2.75, 3.05) is 6.54 Å². The summed E-state index contributed by atoms with van der Waals surface area (Å²) in [6, 6.07) is 0. The monoisotopic (exact) mass is 250 g/mol. The molecule has 0 aliphatic heterocycles. The third-order valence-corrected chi connectivity index (χ3v) is 3.80. The van der Waals surface area contributed by atoms with Gasteiger partial charge in [0, 0.05) is 18.5 Å². The first-order valence-electron chi connectivity index (χ1n) is 5.92. The Labute approximate surface area is 106 Å². The SMILES string of the molecule is CCNCc1sc(-c2cncn2C)nc1CC. The summed E-state index contributed by atoms with van der Waals surface area (Å²) < 4.78 is 2.01. The normalized spacial score (nSPS) is 11.0. The van der Waals surface area contributed by atoms with Gasteiger partial charge in [-0.1, -0.05) is 13.8 Å². The molecule has 2 rings (SSSR count).